The summed E-state index contributed by atoms with van der Waals surface area (Å²) in [5, 5.41) is 19.0. The Morgan fingerprint density at radius 3 is 2.65 bits per heavy atom. The number of hydrogen-bond donors (Lipinski definition) is 1. The molecule has 1 heterocycles. The molecule has 2 N–H and O–H groups in total. The van der Waals surface area contributed by atoms with Gasteiger partial charge in [0.1, 0.15) is 0 Å². The molecule has 0 aliphatic carbocycles. The minimum Gasteiger partial charge on any atom is -0.381 e. The second-order valence-electron chi connectivity index (χ2n) is 4.77. The molecule has 0 aliphatic rings. The Morgan fingerprint density at radius 1 is 1.35 bits per heavy atom. The first-order chi connectivity index (χ1) is 9.45. The molecular weight excluding hydrogens is 258 g/mol. The van der Waals surface area contributed by atoms with E-state index < -0.39 is 4.92 Å². The maximum atomic E-state index is 11.1. The number of nitro groups is 1. The van der Waals surface area contributed by atoms with Crippen LogP contribution in [0.4, 0.5) is 11.5 Å². The number of nitro benzene ring substituents is 1. The molecule has 0 aliphatic heterocycles. The summed E-state index contributed by atoms with van der Waals surface area (Å²) in [4.78, 5) is 10.7. The molecule has 0 saturated carbocycles. The standard InChI is InChI=1S/C13H17N5O2/c1-4-5-10-13(14)15-16-17(10)11-7-12(18(19)20)9(3)6-8(11)2/h6-7H,4-5,14H2,1-3H3. The van der Waals surface area contributed by atoms with Gasteiger partial charge in [0.2, 0.25) is 0 Å². The van der Waals surface area contributed by atoms with Gasteiger partial charge in [-0.25, -0.2) is 4.68 Å². The van der Waals surface area contributed by atoms with Crippen molar-refractivity contribution in [2.75, 3.05) is 5.73 Å². The van der Waals surface area contributed by atoms with Gasteiger partial charge in [-0.15, -0.1) is 5.10 Å². The molecule has 0 bridgehead atoms. The van der Waals surface area contributed by atoms with Crippen molar-refractivity contribution in [3.63, 3.8) is 0 Å². The lowest BCUT2D eigenvalue weighted by atomic mass is 10.1. The largest absolute Gasteiger partial charge is 0.381 e. The molecule has 106 valence electrons. The summed E-state index contributed by atoms with van der Waals surface area (Å²) in [6.07, 6.45) is 1.62. The predicted octanol–water partition coefficient (Wildman–Crippen LogP) is 2.33. The third-order valence-electron chi connectivity index (χ3n) is 3.22. The fraction of sp³-hybridized carbons (Fsp3) is 0.385. The molecule has 0 radical (unpaired) electrons. The summed E-state index contributed by atoms with van der Waals surface area (Å²) in [7, 11) is 0. The van der Waals surface area contributed by atoms with E-state index in [0.717, 1.165) is 24.1 Å². The molecule has 0 amide bonds. The number of nitrogens with zero attached hydrogens (tertiary/aromatic N) is 4. The van der Waals surface area contributed by atoms with E-state index in [1.807, 2.05) is 13.8 Å². The molecule has 7 heteroatoms. The zero-order chi connectivity index (χ0) is 14.9. The van der Waals surface area contributed by atoms with E-state index in [4.69, 9.17) is 5.73 Å². The van der Waals surface area contributed by atoms with Gasteiger partial charge in [0, 0.05) is 11.6 Å². The Labute approximate surface area is 116 Å². The van der Waals surface area contributed by atoms with Crippen LogP contribution in [0.15, 0.2) is 12.1 Å². The van der Waals surface area contributed by atoms with Gasteiger partial charge in [0.25, 0.3) is 5.69 Å². The zero-order valence-electron chi connectivity index (χ0n) is 11.8. The van der Waals surface area contributed by atoms with Crippen molar-refractivity contribution in [3.05, 3.63) is 39.1 Å². The molecule has 0 fully saturated rings. The Morgan fingerprint density at radius 2 is 2.05 bits per heavy atom. The summed E-state index contributed by atoms with van der Waals surface area (Å²) in [6, 6.07) is 3.30. The second-order valence-corrected chi connectivity index (χ2v) is 4.77. The van der Waals surface area contributed by atoms with E-state index in [1.165, 1.54) is 6.07 Å². The quantitative estimate of drug-likeness (QED) is 0.681. The summed E-state index contributed by atoms with van der Waals surface area (Å²) in [6.45, 7) is 5.64. The van der Waals surface area contributed by atoms with Crippen LogP contribution in [0.5, 0.6) is 0 Å². The lowest BCUT2D eigenvalue weighted by molar-refractivity contribution is -0.385. The first-order valence-electron chi connectivity index (χ1n) is 6.41. The minimum absolute atomic E-state index is 0.0714. The van der Waals surface area contributed by atoms with E-state index in [0.29, 0.717) is 17.1 Å². The highest BCUT2D eigenvalue weighted by atomic mass is 16.6. The number of aromatic nitrogens is 3. The molecule has 0 atom stereocenters. The maximum Gasteiger partial charge on any atom is 0.274 e. The number of nitrogen functional groups attached to an aromatic ring is 1. The van der Waals surface area contributed by atoms with Crippen molar-refractivity contribution in [2.45, 2.75) is 33.6 Å². The lowest BCUT2D eigenvalue weighted by Gasteiger charge is -2.10. The molecule has 7 nitrogen and oxygen atoms in total. The molecule has 1 aromatic heterocycles. The first kappa shape index (κ1) is 14.0. The molecular formula is C13H17N5O2. The third-order valence-corrected chi connectivity index (χ3v) is 3.22. The van der Waals surface area contributed by atoms with Gasteiger partial charge in [0.15, 0.2) is 5.82 Å². The van der Waals surface area contributed by atoms with Gasteiger partial charge in [-0.05, 0) is 31.9 Å². The van der Waals surface area contributed by atoms with E-state index >= 15 is 0 Å². The average molecular weight is 275 g/mol. The molecule has 0 saturated heterocycles. The van der Waals surface area contributed by atoms with Crippen LogP contribution in [0, 0.1) is 24.0 Å². The summed E-state index contributed by atoms with van der Waals surface area (Å²) in [5.74, 6) is 0.370. The van der Waals surface area contributed by atoms with Crippen LogP contribution >= 0.6 is 0 Å². The van der Waals surface area contributed by atoms with Crippen LogP contribution in [-0.4, -0.2) is 19.9 Å². The van der Waals surface area contributed by atoms with Crippen LogP contribution in [0.3, 0.4) is 0 Å². The normalized spacial score (nSPS) is 10.8. The highest BCUT2D eigenvalue weighted by Gasteiger charge is 2.18. The van der Waals surface area contributed by atoms with Crippen LogP contribution in [-0.2, 0) is 6.42 Å². The smallest absolute Gasteiger partial charge is 0.274 e. The second kappa shape index (κ2) is 5.28. The Balaban J connectivity index is 2.63. The van der Waals surface area contributed by atoms with Crippen molar-refractivity contribution in [3.8, 4) is 5.69 Å². The van der Waals surface area contributed by atoms with Gasteiger partial charge in [-0.3, -0.25) is 10.1 Å². The van der Waals surface area contributed by atoms with Gasteiger partial charge in [-0.2, -0.15) is 0 Å². The monoisotopic (exact) mass is 275 g/mol. The zero-order valence-corrected chi connectivity index (χ0v) is 11.8. The number of nitrogens with two attached hydrogens (primary N) is 1. The Bertz CT molecular complexity index is 663. The van der Waals surface area contributed by atoms with Gasteiger partial charge in [0.05, 0.1) is 16.3 Å². The van der Waals surface area contributed by atoms with Crippen molar-refractivity contribution in [1.82, 2.24) is 15.0 Å². The van der Waals surface area contributed by atoms with Gasteiger partial charge >= 0.3 is 0 Å². The lowest BCUT2D eigenvalue weighted by Crippen LogP contribution is -2.07. The van der Waals surface area contributed by atoms with Crippen LogP contribution in [0.2, 0.25) is 0 Å². The van der Waals surface area contributed by atoms with Crippen molar-refractivity contribution >= 4 is 11.5 Å². The Kier molecular flexibility index (Phi) is 3.69. The summed E-state index contributed by atoms with van der Waals surface area (Å²) < 4.78 is 1.60. The highest BCUT2D eigenvalue weighted by Crippen LogP contribution is 2.27. The minimum atomic E-state index is -0.391. The number of rotatable bonds is 4. The molecule has 2 aromatic rings. The molecule has 0 unspecified atom stereocenters. The SMILES string of the molecule is CCCc1c(N)nnn1-c1cc([N+](=O)[O-])c(C)cc1C. The van der Waals surface area contributed by atoms with E-state index in [9.17, 15) is 10.1 Å². The van der Waals surface area contributed by atoms with Gasteiger partial charge < -0.3 is 5.73 Å². The fourth-order valence-corrected chi connectivity index (χ4v) is 2.23. The van der Waals surface area contributed by atoms with Crippen molar-refractivity contribution in [2.24, 2.45) is 0 Å². The summed E-state index contributed by atoms with van der Waals surface area (Å²) >= 11 is 0. The number of anilines is 1. The van der Waals surface area contributed by atoms with Crippen LogP contribution in [0.1, 0.15) is 30.2 Å². The van der Waals surface area contributed by atoms with Crippen molar-refractivity contribution < 1.29 is 4.92 Å². The van der Waals surface area contributed by atoms with Gasteiger partial charge in [-0.1, -0.05) is 18.6 Å². The Hall–Kier alpha value is -2.44. The molecule has 1 aromatic carbocycles. The fourth-order valence-electron chi connectivity index (χ4n) is 2.23. The van der Waals surface area contributed by atoms with E-state index in [-0.39, 0.29) is 5.69 Å². The number of hydrogen-bond acceptors (Lipinski definition) is 5. The maximum absolute atomic E-state index is 11.1. The third kappa shape index (κ3) is 2.34. The van der Waals surface area contributed by atoms with Crippen LogP contribution in [0.25, 0.3) is 5.69 Å². The highest BCUT2D eigenvalue weighted by molar-refractivity contribution is 5.54. The number of benzene rings is 1. The van der Waals surface area contributed by atoms with Crippen LogP contribution < -0.4 is 5.73 Å². The topological polar surface area (TPSA) is 99.9 Å². The first-order valence-corrected chi connectivity index (χ1v) is 6.41. The van der Waals surface area contributed by atoms with Crippen molar-refractivity contribution in [1.29, 1.82) is 0 Å². The summed E-state index contributed by atoms with van der Waals surface area (Å²) in [5.41, 5.74) is 8.84. The average Bonchev–Trinajstić information content (AvgIpc) is 2.72. The predicted molar refractivity (Wildman–Crippen MR) is 75.9 cm³/mol. The molecule has 20 heavy (non-hydrogen) atoms. The van der Waals surface area contributed by atoms with E-state index in [2.05, 4.69) is 10.3 Å². The van der Waals surface area contributed by atoms with E-state index in [1.54, 1.807) is 17.7 Å². The molecule has 2 rings (SSSR count). The number of aryl methyl sites for hydroxylation is 2. The molecule has 0 spiro atoms.